The highest BCUT2D eigenvalue weighted by molar-refractivity contribution is 6.25. The highest BCUT2D eigenvalue weighted by Crippen LogP contribution is 2.64. The van der Waals surface area contributed by atoms with E-state index in [0.29, 0.717) is 0 Å². The first-order valence-corrected chi connectivity index (χ1v) is 19.3. The van der Waals surface area contributed by atoms with E-state index in [-0.39, 0.29) is 0 Å². The summed E-state index contributed by atoms with van der Waals surface area (Å²) in [6, 6.07) is 73.4. The molecule has 1 spiro atoms. The molecule has 0 aromatic heterocycles. The van der Waals surface area contributed by atoms with Crippen molar-refractivity contribution < 1.29 is 0 Å². The van der Waals surface area contributed by atoms with Gasteiger partial charge in [0.1, 0.15) is 0 Å². The Morgan fingerprint density at radius 3 is 1.69 bits per heavy atom. The normalized spacial score (nSPS) is 13.6. The van der Waals surface area contributed by atoms with E-state index >= 15 is 0 Å². The Kier molecular flexibility index (Phi) is 5.65. The number of hydrogen-bond acceptors (Lipinski definition) is 0. The summed E-state index contributed by atoms with van der Waals surface area (Å²) < 4.78 is 0. The van der Waals surface area contributed by atoms with E-state index < -0.39 is 5.41 Å². The third-order valence-corrected chi connectivity index (χ3v) is 13.0. The second-order valence-electron chi connectivity index (χ2n) is 15.6. The third-order valence-electron chi connectivity index (χ3n) is 13.0. The third kappa shape index (κ3) is 3.76. The lowest BCUT2D eigenvalue weighted by molar-refractivity contribution is 0.802. The van der Waals surface area contributed by atoms with Crippen LogP contribution in [0.4, 0.5) is 0 Å². The van der Waals surface area contributed by atoms with Gasteiger partial charge >= 0.3 is 0 Å². The zero-order valence-electron chi connectivity index (χ0n) is 30.0. The van der Waals surface area contributed by atoms with Crippen molar-refractivity contribution in [3.8, 4) is 44.5 Å². The first-order chi connectivity index (χ1) is 27.3. The molecule has 0 saturated carbocycles. The minimum Gasteiger partial charge on any atom is -0.0619 e. The molecule has 13 rings (SSSR count). The van der Waals surface area contributed by atoms with Crippen LogP contribution in [0.2, 0.25) is 0 Å². The van der Waals surface area contributed by atoms with Crippen LogP contribution in [0.5, 0.6) is 0 Å². The predicted octanol–water partition coefficient (Wildman–Crippen LogP) is 14.6. The molecule has 252 valence electrons. The Labute approximate surface area is 318 Å². The van der Waals surface area contributed by atoms with Gasteiger partial charge in [-0.3, -0.25) is 0 Å². The summed E-state index contributed by atoms with van der Waals surface area (Å²) in [4.78, 5) is 0. The minimum absolute atomic E-state index is 0.405. The quantitative estimate of drug-likeness (QED) is 0.158. The molecule has 55 heavy (non-hydrogen) atoms. The zero-order chi connectivity index (χ0) is 35.8. The fourth-order valence-corrected chi connectivity index (χ4v) is 10.7. The topological polar surface area (TPSA) is 0 Å². The lowest BCUT2D eigenvalue weighted by Gasteiger charge is -2.31. The van der Waals surface area contributed by atoms with Crippen LogP contribution in [0.25, 0.3) is 98.4 Å². The fraction of sp³-hybridized carbons (Fsp3) is 0.0182. The van der Waals surface area contributed by atoms with Crippen molar-refractivity contribution in [2.75, 3.05) is 0 Å². The summed E-state index contributed by atoms with van der Waals surface area (Å²) in [5.41, 5.74) is 15.5. The lowest BCUT2D eigenvalue weighted by Crippen LogP contribution is -2.26. The fourth-order valence-electron chi connectivity index (χ4n) is 10.7. The van der Waals surface area contributed by atoms with Crippen LogP contribution >= 0.6 is 0 Å². The smallest absolute Gasteiger partial charge is 0.0619 e. The Balaban J connectivity index is 1.02. The van der Waals surface area contributed by atoms with Crippen molar-refractivity contribution in [2.45, 2.75) is 5.41 Å². The summed E-state index contributed by atoms with van der Waals surface area (Å²) in [5, 5.41) is 13.1. The molecule has 0 unspecified atom stereocenters. The number of rotatable bonds is 2. The van der Waals surface area contributed by atoms with Crippen LogP contribution in [0.15, 0.2) is 194 Å². The molecule has 0 aliphatic heterocycles. The molecule has 0 N–H and O–H groups in total. The second kappa shape index (κ2) is 10.6. The van der Waals surface area contributed by atoms with Crippen LogP contribution < -0.4 is 0 Å². The van der Waals surface area contributed by atoms with E-state index in [2.05, 4.69) is 194 Å². The molecule has 0 nitrogen and oxygen atoms in total. The van der Waals surface area contributed by atoms with Gasteiger partial charge in [0.25, 0.3) is 0 Å². The molecule has 0 heteroatoms. The minimum atomic E-state index is -0.405. The van der Waals surface area contributed by atoms with E-state index in [1.807, 2.05) is 0 Å². The van der Waals surface area contributed by atoms with E-state index in [1.165, 1.54) is 121 Å². The van der Waals surface area contributed by atoms with Crippen molar-refractivity contribution in [1.29, 1.82) is 0 Å². The van der Waals surface area contributed by atoms with Gasteiger partial charge < -0.3 is 0 Å². The summed E-state index contributed by atoms with van der Waals surface area (Å²) in [5.74, 6) is 0. The van der Waals surface area contributed by atoms with E-state index in [4.69, 9.17) is 0 Å². The van der Waals surface area contributed by atoms with Crippen LogP contribution in [-0.2, 0) is 5.41 Å². The van der Waals surface area contributed by atoms with E-state index in [9.17, 15) is 0 Å². The molecule has 11 aromatic rings. The molecule has 0 amide bonds. The van der Waals surface area contributed by atoms with E-state index in [0.717, 1.165) is 0 Å². The van der Waals surface area contributed by atoms with Gasteiger partial charge in [0.15, 0.2) is 0 Å². The molecule has 0 saturated heterocycles. The number of hydrogen-bond donors (Lipinski definition) is 0. The van der Waals surface area contributed by atoms with Gasteiger partial charge in [0.2, 0.25) is 0 Å². The van der Waals surface area contributed by atoms with Gasteiger partial charge in [-0.1, -0.05) is 170 Å². The van der Waals surface area contributed by atoms with Crippen molar-refractivity contribution in [3.63, 3.8) is 0 Å². The molecule has 11 aromatic carbocycles. The molecule has 2 aliphatic carbocycles. The van der Waals surface area contributed by atoms with Gasteiger partial charge in [-0.2, -0.15) is 0 Å². The van der Waals surface area contributed by atoms with Crippen LogP contribution in [0.3, 0.4) is 0 Å². The van der Waals surface area contributed by atoms with Crippen LogP contribution in [-0.4, -0.2) is 0 Å². The summed E-state index contributed by atoms with van der Waals surface area (Å²) in [6.07, 6.45) is 0. The number of fused-ring (bicyclic) bond motifs is 13. The zero-order valence-corrected chi connectivity index (χ0v) is 30.0. The molecular weight excluding hydrogens is 661 g/mol. The van der Waals surface area contributed by atoms with Crippen molar-refractivity contribution in [1.82, 2.24) is 0 Å². The summed E-state index contributed by atoms with van der Waals surface area (Å²) in [7, 11) is 0. The Bertz CT molecular complexity index is 3370. The van der Waals surface area contributed by atoms with Crippen molar-refractivity contribution in [2.24, 2.45) is 0 Å². The van der Waals surface area contributed by atoms with Crippen LogP contribution in [0, 0.1) is 0 Å². The number of benzene rings is 11. The molecule has 0 bridgehead atoms. The molecule has 2 aliphatic rings. The maximum Gasteiger partial charge on any atom is 0.0731 e. The molecule has 0 radical (unpaired) electrons. The molecular formula is C55H32. The maximum absolute atomic E-state index is 2.52. The Hall–Kier alpha value is -7.02. The average molecular weight is 693 g/mol. The van der Waals surface area contributed by atoms with Gasteiger partial charge in [0.05, 0.1) is 5.41 Å². The van der Waals surface area contributed by atoms with Gasteiger partial charge in [-0.15, -0.1) is 0 Å². The van der Waals surface area contributed by atoms with Crippen molar-refractivity contribution >= 4 is 53.9 Å². The van der Waals surface area contributed by atoms with Gasteiger partial charge in [-0.25, -0.2) is 0 Å². The summed E-state index contributed by atoms with van der Waals surface area (Å²) >= 11 is 0. The maximum atomic E-state index is 2.52. The molecule has 0 atom stereocenters. The van der Waals surface area contributed by atoms with E-state index in [1.54, 1.807) is 0 Å². The molecule has 0 heterocycles. The first-order valence-electron chi connectivity index (χ1n) is 19.3. The Morgan fingerprint density at radius 2 is 0.855 bits per heavy atom. The summed E-state index contributed by atoms with van der Waals surface area (Å²) in [6.45, 7) is 0. The average Bonchev–Trinajstić information content (AvgIpc) is 3.71. The SMILES string of the molecule is c1cc(-c2ccc3cc4c(cc3c2)C2(c3ccccc3-c3ccccc32)c2c-4ccc3ccccc23)cc(-c2ccc3ccc4cccc5ccc2c3c45)c1. The second-order valence-corrected chi connectivity index (χ2v) is 15.6. The first kappa shape index (κ1) is 29.4. The Morgan fingerprint density at radius 1 is 0.255 bits per heavy atom. The van der Waals surface area contributed by atoms with Crippen LogP contribution in [0.1, 0.15) is 22.3 Å². The highest BCUT2D eigenvalue weighted by atomic mass is 14.5. The molecule has 0 fully saturated rings. The predicted molar refractivity (Wildman–Crippen MR) is 232 cm³/mol. The highest BCUT2D eigenvalue weighted by Gasteiger charge is 2.52. The largest absolute Gasteiger partial charge is 0.0731 e. The van der Waals surface area contributed by atoms with Gasteiger partial charge in [-0.05, 0) is 145 Å². The monoisotopic (exact) mass is 692 g/mol. The lowest BCUT2D eigenvalue weighted by atomic mass is 9.69. The standard InChI is InChI=1S/C55H32/c1-2-14-43-33(9-1)23-28-47-48-31-39-22-21-38(30-41(39)32-51(48)55(54(43)47)49-17-5-3-15-44(49)45-16-4-6-18-50(45)55)37-12-8-13-40(29-37)42-26-24-36-20-19-34-10-7-11-35-25-27-46(42)53(36)52(34)35/h1-32H. The van der Waals surface area contributed by atoms with Gasteiger partial charge in [0, 0.05) is 0 Å². The van der Waals surface area contributed by atoms with Crippen molar-refractivity contribution in [3.05, 3.63) is 216 Å².